The summed E-state index contributed by atoms with van der Waals surface area (Å²) in [7, 11) is 0. The molecule has 2 unspecified atom stereocenters. The van der Waals surface area contributed by atoms with Crippen LogP contribution in [0.3, 0.4) is 0 Å². The molecule has 94 valence electrons. The second-order valence-corrected chi connectivity index (χ2v) is 4.05. The average Bonchev–Trinajstić information content (AvgIpc) is 2.23. The Balaban J connectivity index is 3.01. The summed E-state index contributed by atoms with van der Waals surface area (Å²) in [6.07, 6.45) is 0.811. The van der Waals surface area contributed by atoms with E-state index in [4.69, 9.17) is 5.73 Å². The van der Waals surface area contributed by atoms with Crippen LogP contribution in [0.4, 0.5) is 4.39 Å². The lowest BCUT2D eigenvalue weighted by Crippen LogP contribution is -2.38. The number of primary amides is 1. The van der Waals surface area contributed by atoms with Crippen LogP contribution in [0, 0.1) is 5.82 Å². The number of phenols is 1. The molecule has 1 amide bonds. The predicted molar refractivity (Wildman–Crippen MR) is 62.9 cm³/mol. The summed E-state index contributed by atoms with van der Waals surface area (Å²) >= 11 is 0. The lowest BCUT2D eigenvalue weighted by atomic mass is 10.0. The van der Waals surface area contributed by atoms with Crippen molar-refractivity contribution in [3.05, 3.63) is 29.6 Å². The van der Waals surface area contributed by atoms with Crippen LogP contribution in [0.2, 0.25) is 0 Å². The van der Waals surface area contributed by atoms with Crippen LogP contribution in [0.5, 0.6) is 5.75 Å². The molecule has 5 heteroatoms. The first-order chi connectivity index (χ1) is 7.93. The molecule has 2 atom stereocenters. The maximum Gasteiger partial charge on any atom is 0.239 e. The number of aromatic hydroxyl groups is 1. The van der Waals surface area contributed by atoms with Gasteiger partial charge in [-0.15, -0.1) is 0 Å². The molecule has 0 aliphatic rings. The van der Waals surface area contributed by atoms with Gasteiger partial charge in [-0.1, -0.05) is 6.92 Å². The Morgan fingerprint density at radius 1 is 1.53 bits per heavy atom. The van der Waals surface area contributed by atoms with E-state index in [9.17, 15) is 14.3 Å². The fraction of sp³-hybridized carbons (Fsp3) is 0.417. The molecular weight excluding hydrogens is 223 g/mol. The Kier molecular flexibility index (Phi) is 4.45. The maximum absolute atomic E-state index is 13.1. The number of rotatable bonds is 5. The molecule has 0 bridgehead atoms. The van der Waals surface area contributed by atoms with Crippen LogP contribution < -0.4 is 11.1 Å². The number of benzene rings is 1. The monoisotopic (exact) mass is 240 g/mol. The van der Waals surface area contributed by atoms with Crippen LogP contribution in [-0.2, 0) is 4.79 Å². The minimum atomic E-state index is -0.799. The first kappa shape index (κ1) is 13.4. The number of amides is 1. The molecule has 1 aromatic carbocycles. The molecule has 0 aliphatic heterocycles. The lowest BCUT2D eigenvalue weighted by Gasteiger charge is -2.20. The third-order valence-electron chi connectivity index (χ3n) is 2.59. The molecule has 0 saturated heterocycles. The molecule has 0 radical (unpaired) electrons. The summed E-state index contributed by atoms with van der Waals surface area (Å²) in [6, 6.07) is 2.76. The van der Waals surface area contributed by atoms with Gasteiger partial charge in [0.05, 0.1) is 0 Å². The van der Waals surface area contributed by atoms with Crippen molar-refractivity contribution in [1.29, 1.82) is 0 Å². The van der Waals surface area contributed by atoms with E-state index in [1.807, 2.05) is 13.8 Å². The summed E-state index contributed by atoms with van der Waals surface area (Å²) in [5.74, 6) is -1.43. The van der Waals surface area contributed by atoms with Gasteiger partial charge in [0.15, 0.2) is 0 Å². The number of halogens is 1. The molecule has 4 N–H and O–H groups in total. The minimum Gasteiger partial charge on any atom is -0.508 e. The summed E-state index contributed by atoms with van der Waals surface area (Å²) in [4.78, 5) is 11.3. The number of phenolic OH excluding ortho intramolecular Hbond substituents is 1. The highest BCUT2D eigenvalue weighted by Crippen LogP contribution is 2.21. The van der Waals surface area contributed by atoms with Gasteiger partial charge < -0.3 is 10.8 Å². The number of hydrogen-bond donors (Lipinski definition) is 3. The Labute approximate surface area is 99.6 Å². The maximum atomic E-state index is 13.1. The minimum absolute atomic E-state index is 0.0675. The van der Waals surface area contributed by atoms with Crippen molar-refractivity contribution in [1.82, 2.24) is 5.32 Å². The molecule has 1 aromatic rings. The zero-order chi connectivity index (χ0) is 13.0. The van der Waals surface area contributed by atoms with E-state index >= 15 is 0 Å². The quantitative estimate of drug-likeness (QED) is 0.729. The van der Waals surface area contributed by atoms with E-state index in [-0.39, 0.29) is 11.8 Å². The van der Waals surface area contributed by atoms with Gasteiger partial charge in [-0.05, 0) is 31.0 Å². The topological polar surface area (TPSA) is 75.3 Å². The molecule has 1 rings (SSSR count). The highest BCUT2D eigenvalue weighted by molar-refractivity contribution is 5.81. The van der Waals surface area contributed by atoms with Gasteiger partial charge in [0.1, 0.15) is 17.6 Å². The van der Waals surface area contributed by atoms with Crippen molar-refractivity contribution in [2.24, 2.45) is 5.73 Å². The van der Waals surface area contributed by atoms with E-state index < -0.39 is 17.8 Å². The van der Waals surface area contributed by atoms with Gasteiger partial charge in [-0.3, -0.25) is 10.1 Å². The molecule has 0 fully saturated rings. The van der Waals surface area contributed by atoms with Crippen molar-refractivity contribution in [2.75, 3.05) is 0 Å². The zero-order valence-corrected chi connectivity index (χ0v) is 9.90. The number of nitrogens with one attached hydrogen (secondary N) is 1. The van der Waals surface area contributed by atoms with Crippen molar-refractivity contribution in [3.8, 4) is 5.75 Å². The van der Waals surface area contributed by atoms with Gasteiger partial charge >= 0.3 is 0 Å². The van der Waals surface area contributed by atoms with Gasteiger partial charge in [0.2, 0.25) is 5.91 Å². The Morgan fingerprint density at radius 2 is 2.18 bits per heavy atom. The van der Waals surface area contributed by atoms with Gasteiger partial charge in [-0.2, -0.15) is 0 Å². The zero-order valence-electron chi connectivity index (χ0n) is 9.90. The van der Waals surface area contributed by atoms with Crippen LogP contribution in [-0.4, -0.2) is 17.1 Å². The SMILES string of the molecule is CCC(C)NC(C(N)=O)c1cc(O)cc(F)c1. The van der Waals surface area contributed by atoms with Crippen LogP contribution in [0.15, 0.2) is 18.2 Å². The first-order valence-corrected chi connectivity index (χ1v) is 5.48. The van der Waals surface area contributed by atoms with Crippen molar-refractivity contribution < 1.29 is 14.3 Å². The highest BCUT2D eigenvalue weighted by atomic mass is 19.1. The fourth-order valence-corrected chi connectivity index (χ4v) is 1.51. The summed E-state index contributed by atoms with van der Waals surface area (Å²) in [5.41, 5.74) is 5.60. The van der Waals surface area contributed by atoms with E-state index in [0.29, 0.717) is 5.56 Å². The van der Waals surface area contributed by atoms with E-state index in [0.717, 1.165) is 12.5 Å². The molecule has 0 heterocycles. The van der Waals surface area contributed by atoms with Crippen LogP contribution >= 0.6 is 0 Å². The number of nitrogens with two attached hydrogens (primary N) is 1. The molecule has 4 nitrogen and oxygen atoms in total. The molecule has 0 saturated carbocycles. The average molecular weight is 240 g/mol. The van der Waals surface area contributed by atoms with Gasteiger partial charge in [0, 0.05) is 12.1 Å². The molecule has 0 spiro atoms. The first-order valence-electron chi connectivity index (χ1n) is 5.48. The standard InChI is InChI=1S/C12H17FN2O2/c1-3-7(2)15-11(12(14)17)8-4-9(13)6-10(16)5-8/h4-7,11,15-16H,3H2,1-2H3,(H2,14,17). The van der Waals surface area contributed by atoms with Gasteiger partial charge in [-0.25, -0.2) is 4.39 Å². The number of carbonyl (C=O) groups excluding carboxylic acids is 1. The molecule has 0 aromatic heterocycles. The second kappa shape index (κ2) is 5.63. The largest absolute Gasteiger partial charge is 0.508 e. The molecular formula is C12H17FN2O2. The Morgan fingerprint density at radius 3 is 2.65 bits per heavy atom. The van der Waals surface area contributed by atoms with Crippen molar-refractivity contribution in [2.45, 2.75) is 32.4 Å². The predicted octanol–water partition coefficient (Wildman–Crippen LogP) is 1.45. The summed E-state index contributed by atoms with van der Waals surface area (Å²) in [6.45, 7) is 3.86. The molecule has 0 aliphatic carbocycles. The summed E-state index contributed by atoms with van der Waals surface area (Å²) < 4.78 is 13.1. The summed E-state index contributed by atoms with van der Waals surface area (Å²) in [5, 5.41) is 12.3. The third kappa shape index (κ3) is 3.71. The fourth-order valence-electron chi connectivity index (χ4n) is 1.51. The Bertz CT molecular complexity index is 389. The number of hydrogen-bond acceptors (Lipinski definition) is 3. The van der Waals surface area contributed by atoms with Crippen molar-refractivity contribution >= 4 is 5.91 Å². The lowest BCUT2D eigenvalue weighted by molar-refractivity contribution is -0.120. The highest BCUT2D eigenvalue weighted by Gasteiger charge is 2.20. The van der Waals surface area contributed by atoms with Crippen LogP contribution in [0.1, 0.15) is 31.9 Å². The molecule has 17 heavy (non-hydrogen) atoms. The van der Waals surface area contributed by atoms with E-state index in [1.165, 1.54) is 12.1 Å². The second-order valence-electron chi connectivity index (χ2n) is 4.05. The van der Waals surface area contributed by atoms with E-state index in [2.05, 4.69) is 5.32 Å². The normalized spacial score (nSPS) is 14.3. The smallest absolute Gasteiger partial charge is 0.239 e. The third-order valence-corrected chi connectivity index (χ3v) is 2.59. The van der Waals surface area contributed by atoms with Gasteiger partial charge in [0.25, 0.3) is 0 Å². The number of carbonyl (C=O) groups is 1. The van der Waals surface area contributed by atoms with Crippen LogP contribution in [0.25, 0.3) is 0 Å². The van der Waals surface area contributed by atoms with Crippen molar-refractivity contribution in [3.63, 3.8) is 0 Å². The Hall–Kier alpha value is -1.62. The van der Waals surface area contributed by atoms with E-state index in [1.54, 1.807) is 0 Å².